The van der Waals surface area contributed by atoms with Gasteiger partial charge < -0.3 is 15.4 Å². The van der Waals surface area contributed by atoms with E-state index in [1.54, 1.807) is 19.4 Å². The Hall–Kier alpha value is -2.17. The van der Waals surface area contributed by atoms with Gasteiger partial charge in [0.25, 0.3) is 0 Å². The van der Waals surface area contributed by atoms with Crippen molar-refractivity contribution in [2.75, 3.05) is 33.3 Å². The van der Waals surface area contributed by atoms with E-state index in [0.717, 1.165) is 6.42 Å². The third-order valence-electron chi connectivity index (χ3n) is 5.71. The van der Waals surface area contributed by atoms with Crippen LogP contribution in [0.4, 0.5) is 0 Å². The van der Waals surface area contributed by atoms with E-state index in [2.05, 4.69) is 32.8 Å². The maximum Gasteiger partial charge on any atom is 0.233 e. The lowest BCUT2D eigenvalue weighted by molar-refractivity contribution is -0.140. The molecule has 9 heteroatoms. The third-order valence-corrected chi connectivity index (χ3v) is 5.71. The lowest BCUT2D eigenvalue weighted by atomic mass is 9.85. The SMILES string of the molecule is CN=C(NCCOc1cccnc1)NCCN1C(=O)C2C3C=CC(C3)C2C1=O.I. The molecule has 2 amide bonds. The first-order valence-corrected chi connectivity index (χ1v) is 9.70. The van der Waals surface area contributed by atoms with E-state index in [-0.39, 0.29) is 59.5 Å². The summed E-state index contributed by atoms with van der Waals surface area (Å²) in [5.41, 5.74) is 0. The largest absolute Gasteiger partial charge is 0.490 e. The summed E-state index contributed by atoms with van der Waals surface area (Å²) in [6, 6.07) is 3.67. The van der Waals surface area contributed by atoms with Crippen LogP contribution < -0.4 is 15.4 Å². The van der Waals surface area contributed by atoms with Gasteiger partial charge in [0.05, 0.1) is 24.6 Å². The first kappa shape index (κ1) is 21.5. The molecule has 4 unspecified atom stereocenters. The molecule has 3 aliphatic rings. The van der Waals surface area contributed by atoms with E-state index >= 15 is 0 Å². The molecule has 1 aliphatic heterocycles. The molecule has 29 heavy (non-hydrogen) atoms. The number of halogens is 1. The van der Waals surface area contributed by atoms with Crippen molar-refractivity contribution in [2.45, 2.75) is 6.42 Å². The van der Waals surface area contributed by atoms with Gasteiger partial charge in [-0.3, -0.25) is 24.5 Å². The number of carbonyl (C=O) groups excluding carboxylic acids is 2. The number of rotatable bonds is 7. The molecule has 156 valence electrons. The first-order valence-electron chi connectivity index (χ1n) is 9.70. The summed E-state index contributed by atoms with van der Waals surface area (Å²) >= 11 is 0. The quantitative estimate of drug-likeness (QED) is 0.142. The Morgan fingerprint density at radius 3 is 2.52 bits per heavy atom. The smallest absolute Gasteiger partial charge is 0.233 e. The minimum Gasteiger partial charge on any atom is -0.490 e. The van der Waals surface area contributed by atoms with E-state index in [1.807, 2.05) is 12.1 Å². The Kier molecular flexibility index (Phi) is 7.09. The van der Waals surface area contributed by atoms with Crippen LogP contribution in [0.1, 0.15) is 6.42 Å². The number of ether oxygens (including phenoxy) is 1. The molecule has 1 saturated heterocycles. The zero-order valence-corrected chi connectivity index (χ0v) is 18.6. The predicted octanol–water partition coefficient (Wildman–Crippen LogP) is 1.05. The number of pyridine rings is 1. The summed E-state index contributed by atoms with van der Waals surface area (Å²) in [5.74, 6) is 1.53. The molecule has 2 fully saturated rings. The average molecular weight is 511 g/mol. The fourth-order valence-electron chi connectivity index (χ4n) is 4.46. The number of aromatic nitrogens is 1. The summed E-state index contributed by atoms with van der Waals surface area (Å²) in [4.78, 5) is 34.9. The van der Waals surface area contributed by atoms with Gasteiger partial charge in [0.1, 0.15) is 12.4 Å². The molecular weight excluding hydrogens is 485 g/mol. The lowest BCUT2D eigenvalue weighted by Crippen LogP contribution is -2.44. The monoisotopic (exact) mass is 511 g/mol. The summed E-state index contributed by atoms with van der Waals surface area (Å²) in [7, 11) is 1.68. The zero-order chi connectivity index (χ0) is 19.5. The van der Waals surface area contributed by atoms with Crippen molar-refractivity contribution in [1.29, 1.82) is 0 Å². The number of likely N-dealkylation sites (tertiary alicyclic amines) is 1. The lowest BCUT2D eigenvalue weighted by Gasteiger charge is -2.18. The number of nitrogens with zero attached hydrogens (tertiary/aromatic N) is 3. The predicted molar refractivity (Wildman–Crippen MR) is 119 cm³/mol. The van der Waals surface area contributed by atoms with Crippen LogP contribution in [-0.2, 0) is 9.59 Å². The van der Waals surface area contributed by atoms with Crippen molar-refractivity contribution >= 4 is 41.8 Å². The highest BCUT2D eigenvalue weighted by Crippen LogP contribution is 2.52. The molecule has 0 aromatic carbocycles. The number of allylic oxidation sites excluding steroid dienone is 2. The molecule has 0 radical (unpaired) electrons. The van der Waals surface area contributed by atoms with Crippen LogP contribution in [0.2, 0.25) is 0 Å². The van der Waals surface area contributed by atoms with Crippen LogP contribution >= 0.6 is 24.0 Å². The standard InChI is InChI=1S/C20H25N5O3.HI/c1-21-20(24-8-10-28-15-3-2-6-22-12-15)23-7-9-25-18(26)16-13-4-5-14(11-13)17(16)19(25)27;/h2-6,12-14,16-17H,7-11H2,1H3,(H2,21,23,24);1H. The van der Waals surface area contributed by atoms with Crippen molar-refractivity contribution in [2.24, 2.45) is 28.7 Å². The maximum atomic E-state index is 12.7. The Balaban J connectivity index is 0.00000240. The number of guanidine groups is 1. The third kappa shape index (κ3) is 4.39. The van der Waals surface area contributed by atoms with Crippen LogP contribution in [-0.4, -0.2) is 60.9 Å². The van der Waals surface area contributed by atoms with Crippen LogP contribution in [0.25, 0.3) is 0 Å². The first-order chi connectivity index (χ1) is 13.7. The van der Waals surface area contributed by atoms with Gasteiger partial charge in [-0.1, -0.05) is 12.2 Å². The molecule has 0 spiro atoms. The minimum atomic E-state index is -0.135. The molecule has 2 heterocycles. The Labute approximate surface area is 187 Å². The Bertz CT molecular complexity index is 771. The molecule has 2 N–H and O–H groups in total. The summed E-state index contributed by atoms with van der Waals surface area (Å²) in [5, 5.41) is 6.30. The highest BCUT2D eigenvalue weighted by Gasteiger charge is 2.58. The van der Waals surface area contributed by atoms with E-state index in [0.29, 0.717) is 38.0 Å². The van der Waals surface area contributed by atoms with E-state index < -0.39 is 0 Å². The summed E-state index contributed by atoms with van der Waals surface area (Å²) < 4.78 is 5.57. The maximum absolute atomic E-state index is 12.7. The number of carbonyl (C=O) groups is 2. The highest BCUT2D eigenvalue weighted by molar-refractivity contribution is 14.0. The van der Waals surface area contributed by atoms with E-state index in [4.69, 9.17) is 4.74 Å². The van der Waals surface area contributed by atoms with Crippen LogP contribution in [0.3, 0.4) is 0 Å². The molecule has 8 nitrogen and oxygen atoms in total. The second-order valence-corrected chi connectivity index (χ2v) is 7.29. The second kappa shape index (κ2) is 9.55. The van der Waals surface area contributed by atoms with Gasteiger partial charge in [0.15, 0.2) is 5.96 Å². The van der Waals surface area contributed by atoms with Crippen molar-refractivity contribution in [3.05, 3.63) is 36.7 Å². The van der Waals surface area contributed by atoms with E-state index in [1.165, 1.54) is 4.90 Å². The fraction of sp³-hybridized carbons (Fsp3) is 0.500. The number of nitrogens with one attached hydrogen (secondary N) is 2. The Morgan fingerprint density at radius 2 is 1.90 bits per heavy atom. The number of imide groups is 1. The molecule has 2 aliphatic carbocycles. The van der Waals surface area contributed by atoms with Gasteiger partial charge in [-0.15, -0.1) is 24.0 Å². The molecule has 1 saturated carbocycles. The van der Waals surface area contributed by atoms with Crippen molar-refractivity contribution in [1.82, 2.24) is 20.5 Å². The van der Waals surface area contributed by atoms with Gasteiger partial charge in [-0.2, -0.15) is 0 Å². The fourth-order valence-corrected chi connectivity index (χ4v) is 4.46. The van der Waals surface area contributed by atoms with Crippen LogP contribution in [0.15, 0.2) is 41.7 Å². The average Bonchev–Trinajstić information content (AvgIpc) is 3.40. The number of hydrogen-bond acceptors (Lipinski definition) is 5. The molecule has 1 aromatic heterocycles. The molecule has 1 aromatic rings. The number of hydrogen-bond donors (Lipinski definition) is 2. The topological polar surface area (TPSA) is 95.9 Å². The number of fused-ring (bicyclic) bond motifs is 5. The van der Waals surface area contributed by atoms with Crippen LogP contribution in [0, 0.1) is 23.7 Å². The number of aliphatic imine (C=N–C) groups is 1. The number of amides is 2. The summed E-state index contributed by atoms with van der Waals surface area (Å²) in [6.07, 6.45) is 8.53. The van der Waals surface area contributed by atoms with Crippen molar-refractivity contribution in [3.63, 3.8) is 0 Å². The molecule has 2 bridgehead atoms. The van der Waals surface area contributed by atoms with Gasteiger partial charge in [-0.25, -0.2) is 0 Å². The van der Waals surface area contributed by atoms with Gasteiger partial charge in [0.2, 0.25) is 11.8 Å². The normalized spacial score (nSPS) is 27.1. The zero-order valence-electron chi connectivity index (χ0n) is 16.3. The minimum absolute atomic E-state index is 0. The van der Waals surface area contributed by atoms with Gasteiger partial charge >= 0.3 is 0 Å². The van der Waals surface area contributed by atoms with Gasteiger partial charge in [0, 0.05) is 26.3 Å². The Morgan fingerprint density at radius 1 is 1.21 bits per heavy atom. The van der Waals surface area contributed by atoms with Gasteiger partial charge in [-0.05, 0) is 30.4 Å². The van der Waals surface area contributed by atoms with Crippen LogP contribution in [0.5, 0.6) is 5.75 Å². The highest BCUT2D eigenvalue weighted by atomic mass is 127. The van der Waals surface area contributed by atoms with Crippen molar-refractivity contribution < 1.29 is 14.3 Å². The second-order valence-electron chi connectivity index (χ2n) is 7.29. The molecule has 4 atom stereocenters. The molecule has 4 rings (SSSR count). The van der Waals surface area contributed by atoms with Crippen molar-refractivity contribution in [3.8, 4) is 5.75 Å². The van der Waals surface area contributed by atoms with E-state index in [9.17, 15) is 9.59 Å². The molecular formula is C20H26IN5O3. The summed E-state index contributed by atoms with van der Waals surface area (Å²) in [6.45, 7) is 1.85.